The van der Waals surface area contributed by atoms with Crippen LogP contribution in [0.5, 0.6) is 0 Å². The minimum atomic E-state index is -1.38. The Labute approximate surface area is 262 Å². The van der Waals surface area contributed by atoms with Crippen LogP contribution in [0.1, 0.15) is 22.3 Å². The van der Waals surface area contributed by atoms with Crippen molar-refractivity contribution in [3.8, 4) is 33.4 Å². The number of nitrogens with two attached hydrogens (primary N) is 2. The molecule has 212 valence electrons. The van der Waals surface area contributed by atoms with E-state index in [1.165, 1.54) is 75.6 Å². The molecule has 0 radical (unpaired) electrons. The van der Waals surface area contributed by atoms with E-state index in [0.29, 0.717) is 0 Å². The Morgan fingerprint density at radius 2 is 1.23 bits per heavy atom. The molecule has 0 fully saturated rings. The standard InChI is InChI=1S/C40H32N2SSi/c1-44(2,3)25-18-15-23(16-19-25)26-11-8-12-30-37-35(42)22-34-36(39(37)43-38(26)30)29-20-17-24(41)21-33(29)40(34)31-13-6-4-9-27(31)28-10-5-7-14-32(28)40/h4-22H,41-42H2,1-3H3. The Hall–Kier alpha value is -4.64. The van der Waals surface area contributed by atoms with Gasteiger partial charge < -0.3 is 11.5 Å². The molecule has 0 aliphatic heterocycles. The second-order valence-electron chi connectivity index (χ2n) is 13.4. The van der Waals surface area contributed by atoms with Crippen molar-refractivity contribution in [2.45, 2.75) is 25.1 Å². The van der Waals surface area contributed by atoms with Gasteiger partial charge >= 0.3 is 0 Å². The molecule has 0 saturated carbocycles. The van der Waals surface area contributed by atoms with E-state index in [9.17, 15) is 0 Å². The highest BCUT2D eigenvalue weighted by Gasteiger charge is 2.52. The molecule has 44 heavy (non-hydrogen) atoms. The molecule has 2 nitrogen and oxygen atoms in total. The third-order valence-corrected chi connectivity index (χ3v) is 13.3. The van der Waals surface area contributed by atoms with E-state index in [4.69, 9.17) is 11.5 Å². The molecular weight excluding hydrogens is 569 g/mol. The van der Waals surface area contributed by atoms with Gasteiger partial charge in [0.1, 0.15) is 0 Å². The topological polar surface area (TPSA) is 52.0 Å². The molecule has 9 rings (SSSR count). The van der Waals surface area contributed by atoms with E-state index >= 15 is 0 Å². The van der Waals surface area contributed by atoms with E-state index in [2.05, 4.69) is 135 Å². The van der Waals surface area contributed by atoms with E-state index in [0.717, 1.165) is 16.8 Å². The molecular formula is C40H32N2SSi. The summed E-state index contributed by atoms with van der Waals surface area (Å²) >= 11 is 1.88. The SMILES string of the molecule is C[Si](C)(C)c1ccc(-c2cccc3c2sc2c4c(cc(N)c23)C2(c3ccccc3-c3ccccc32)c2cc(N)ccc2-4)cc1. The van der Waals surface area contributed by atoms with Crippen molar-refractivity contribution in [1.29, 1.82) is 0 Å². The summed E-state index contributed by atoms with van der Waals surface area (Å²) in [6.07, 6.45) is 0. The lowest BCUT2D eigenvalue weighted by atomic mass is 9.70. The van der Waals surface area contributed by atoms with Gasteiger partial charge in [-0.05, 0) is 68.3 Å². The molecule has 0 unspecified atom stereocenters. The highest BCUT2D eigenvalue weighted by atomic mass is 32.1. The Bertz CT molecular complexity index is 2290. The normalized spacial score (nSPS) is 14.2. The van der Waals surface area contributed by atoms with Crippen LogP contribution in [0.4, 0.5) is 11.4 Å². The number of hydrogen-bond acceptors (Lipinski definition) is 3. The van der Waals surface area contributed by atoms with Crippen molar-refractivity contribution in [2.24, 2.45) is 0 Å². The highest BCUT2D eigenvalue weighted by molar-refractivity contribution is 7.27. The van der Waals surface area contributed by atoms with E-state index < -0.39 is 13.5 Å². The Morgan fingerprint density at radius 3 is 1.91 bits per heavy atom. The minimum absolute atomic E-state index is 0.471. The Morgan fingerprint density at radius 1 is 0.568 bits per heavy atom. The zero-order valence-electron chi connectivity index (χ0n) is 25.0. The summed E-state index contributed by atoms with van der Waals surface area (Å²) < 4.78 is 2.54. The summed E-state index contributed by atoms with van der Waals surface area (Å²) in [7, 11) is -1.38. The van der Waals surface area contributed by atoms with Crippen LogP contribution in [0.25, 0.3) is 53.6 Å². The smallest absolute Gasteiger partial charge is 0.0775 e. The van der Waals surface area contributed by atoms with Crippen molar-refractivity contribution in [1.82, 2.24) is 0 Å². The van der Waals surface area contributed by atoms with E-state index in [1.807, 2.05) is 11.3 Å². The van der Waals surface area contributed by atoms with Crippen molar-refractivity contribution < 1.29 is 0 Å². The number of rotatable bonds is 2. The van der Waals surface area contributed by atoms with Crippen molar-refractivity contribution in [2.75, 3.05) is 11.5 Å². The molecule has 0 atom stereocenters. The maximum Gasteiger partial charge on any atom is 0.0775 e. The monoisotopic (exact) mass is 600 g/mol. The van der Waals surface area contributed by atoms with Crippen LogP contribution in [0.2, 0.25) is 19.6 Å². The van der Waals surface area contributed by atoms with E-state index in [-0.39, 0.29) is 0 Å². The molecule has 1 spiro atoms. The van der Waals surface area contributed by atoms with Crippen LogP contribution in [-0.2, 0) is 5.41 Å². The molecule has 0 saturated heterocycles. The fourth-order valence-corrected chi connectivity index (χ4v) is 10.6. The van der Waals surface area contributed by atoms with Crippen LogP contribution in [0.3, 0.4) is 0 Å². The zero-order valence-corrected chi connectivity index (χ0v) is 26.8. The second-order valence-corrected chi connectivity index (χ2v) is 19.4. The fourth-order valence-electron chi connectivity index (χ4n) is 7.99. The molecule has 7 aromatic rings. The lowest BCUT2D eigenvalue weighted by molar-refractivity contribution is 0.795. The third kappa shape index (κ3) is 3.19. The van der Waals surface area contributed by atoms with Crippen LogP contribution in [0.15, 0.2) is 115 Å². The second kappa shape index (κ2) is 8.72. The fraction of sp³-hybridized carbons (Fsp3) is 0.100. The van der Waals surface area contributed by atoms with Crippen LogP contribution < -0.4 is 16.7 Å². The molecule has 2 aliphatic rings. The molecule has 1 heterocycles. The van der Waals surface area contributed by atoms with Crippen LogP contribution >= 0.6 is 11.3 Å². The minimum Gasteiger partial charge on any atom is -0.399 e. The van der Waals surface area contributed by atoms with Crippen LogP contribution in [-0.4, -0.2) is 8.07 Å². The summed E-state index contributed by atoms with van der Waals surface area (Å²) in [4.78, 5) is 0. The summed E-state index contributed by atoms with van der Waals surface area (Å²) in [5.41, 5.74) is 27.6. The zero-order chi connectivity index (χ0) is 30.0. The lowest BCUT2D eigenvalue weighted by Gasteiger charge is -2.30. The summed E-state index contributed by atoms with van der Waals surface area (Å²) in [6.45, 7) is 7.20. The van der Waals surface area contributed by atoms with Gasteiger partial charge in [0.05, 0.1) is 13.5 Å². The van der Waals surface area contributed by atoms with Gasteiger partial charge in [-0.1, -0.05) is 122 Å². The van der Waals surface area contributed by atoms with Gasteiger partial charge in [-0.15, -0.1) is 11.3 Å². The molecule has 1 aromatic heterocycles. The van der Waals surface area contributed by atoms with Crippen molar-refractivity contribution in [3.63, 3.8) is 0 Å². The van der Waals surface area contributed by atoms with Gasteiger partial charge in [0.2, 0.25) is 0 Å². The number of thiophene rings is 1. The number of hydrogen-bond donors (Lipinski definition) is 2. The maximum atomic E-state index is 7.14. The molecule has 0 bridgehead atoms. The summed E-state index contributed by atoms with van der Waals surface area (Å²) in [6, 6.07) is 42.4. The van der Waals surface area contributed by atoms with Gasteiger partial charge in [0.15, 0.2) is 0 Å². The predicted molar refractivity (Wildman–Crippen MR) is 193 cm³/mol. The van der Waals surface area contributed by atoms with Crippen LogP contribution in [0, 0.1) is 0 Å². The average molecular weight is 601 g/mol. The number of fused-ring (bicyclic) bond motifs is 14. The van der Waals surface area contributed by atoms with Gasteiger partial charge in [-0.3, -0.25) is 0 Å². The first-order chi connectivity index (χ1) is 21.3. The largest absolute Gasteiger partial charge is 0.399 e. The Balaban J connectivity index is 1.40. The van der Waals surface area contributed by atoms with Crippen molar-refractivity contribution >= 4 is 56.1 Å². The summed E-state index contributed by atoms with van der Waals surface area (Å²) in [5, 5.41) is 3.86. The lowest BCUT2D eigenvalue weighted by Crippen LogP contribution is -2.37. The third-order valence-electron chi connectivity index (χ3n) is 9.94. The number of benzene rings is 6. The highest BCUT2D eigenvalue weighted by Crippen LogP contribution is 2.65. The van der Waals surface area contributed by atoms with Gasteiger partial charge in [-0.2, -0.15) is 0 Å². The molecule has 2 aliphatic carbocycles. The maximum absolute atomic E-state index is 7.14. The Kier molecular flexibility index (Phi) is 5.12. The first-order valence-corrected chi connectivity index (χ1v) is 19.6. The quantitative estimate of drug-likeness (QED) is 0.153. The van der Waals surface area contributed by atoms with E-state index in [1.54, 1.807) is 0 Å². The van der Waals surface area contributed by atoms with Gasteiger partial charge in [0, 0.05) is 37.1 Å². The van der Waals surface area contributed by atoms with Gasteiger partial charge in [0.25, 0.3) is 0 Å². The molecule has 6 aromatic carbocycles. The summed E-state index contributed by atoms with van der Waals surface area (Å²) in [5.74, 6) is 0. The average Bonchev–Trinajstić information content (AvgIpc) is 3.65. The first kappa shape index (κ1) is 25.8. The number of anilines is 2. The molecule has 0 amide bonds. The molecule has 4 N–H and O–H groups in total. The first-order valence-electron chi connectivity index (χ1n) is 15.3. The van der Waals surface area contributed by atoms with Crippen molar-refractivity contribution in [3.05, 3.63) is 138 Å². The predicted octanol–water partition coefficient (Wildman–Crippen LogP) is 9.77. The number of nitrogen functional groups attached to an aromatic ring is 2. The van der Waals surface area contributed by atoms with Gasteiger partial charge in [-0.25, -0.2) is 0 Å². The molecule has 4 heteroatoms.